The van der Waals surface area contributed by atoms with E-state index in [4.69, 9.17) is 0 Å². The number of nitrogens with zero attached hydrogens (tertiary/aromatic N) is 2. The Kier molecular flexibility index (Phi) is 4.62. The second-order valence-corrected chi connectivity index (χ2v) is 6.06. The summed E-state index contributed by atoms with van der Waals surface area (Å²) in [6, 6.07) is 0. The summed E-state index contributed by atoms with van der Waals surface area (Å²) in [5.41, 5.74) is 0.128. The molecule has 5 heteroatoms. The van der Waals surface area contributed by atoms with Gasteiger partial charge in [-0.15, -0.1) is 0 Å². The summed E-state index contributed by atoms with van der Waals surface area (Å²) in [4.78, 5) is 19.8. The molecule has 1 aromatic rings. The normalized spacial score (nSPS) is 13.2. The van der Waals surface area contributed by atoms with E-state index in [1.54, 1.807) is 6.20 Å². The zero-order chi connectivity index (χ0) is 13.1. The van der Waals surface area contributed by atoms with E-state index in [1.165, 1.54) is 6.20 Å². The molecule has 1 N–H and O–H groups in total. The predicted octanol–water partition coefficient (Wildman–Crippen LogP) is 3.25. The maximum atomic E-state index is 11.8. The molecule has 1 rings (SSSR count). The van der Waals surface area contributed by atoms with Crippen molar-refractivity contribution in [1.29, 1.82) is 0 Å². The number of carbonyl (C=O) groups excluding carboxylic acids is 1. The smallest absolute Gasteiger partial charge is 0.225 e. The average molecular weight is 300 g/mol. The first-order valence-electron chi connectivity index (χ1n) is 5.56. The lowest BCUT2D eigenvalue weighted by Gasteiger charge is -2.26. The number of amides is 1. The van der Waals surface area contributed by atoms with E-state index < -0.39 is 0 Å². The fourth-order valence-electron chi connectivity index (χ4n) is 1.15. The monoisotopic (exact) mass is 299 g/mol. The first-order valence-corrected chi connectivity index (χ1v) is 6.35. The summed E-state index contributed by atoms with van der Waals surface area (Å²) in [6.45, 7) is 8.46. The summed E-state index contributed by atoms with van der Waals surface area (Å²) < 4.78 is 0.651. The number of halogens is 1. The first kappa shape index (κ1) is 14.1. The Balaban J connectivity index is 2.53. The Morgan fingerprint density at radius 1 is 1.41 bits per heavy atom. The van der Waals surface area contributed by atoms with Gasteiger partial charge in [-0.1, -0.05) is 27.7 Å². The van der Waals surface area contributed by atoms with Gasteiger partial charge < -0.3 is 5.32 Å². The molecule has 1 heterocycles. The summed E-state index contributed by atoms with van der Waals surface area (Å²) in [6.07, 6.45) is 3.58. The van der Waals surface area contributed by atoms with E-state index in [1.807, 2.05) is 0 Å². The number of hydrogen-bond acceptors (Lipinski definition) is 3. The van der Waals surface area contributed by atoms with Gasteiger partial charge in [-0.25, -0.2) is 9.97 Å². The van der Waals surface area contributed by atoms with Gasteiger partial charge in [-0.05, 0) is 27.3 Å². The third-order valence-corrected chi connectivity index (χ3v) is 3.27. The predicted molar refractivity (Wildman–Crippen MR) is 71.6 cm³/mol. The van der Waals surface area contributed by atoms with Gasteiger partial charge in [-0.2, -0.15) is 0 Å². The van der Waals surface area contributed by atoms with Gasteiger partial charge in [-0.3, -0.25) is 4.79 Å². The topological polar surface area (TPSA) is 54.9 Å². The van der Waals surface area contributed by atoms with E-state index in [-0.39, 0.29) is 11.3 Å². The number of anilines is 1. The van der Waals surface area contributed by atoms with Crippen molar-refractivity contribution in [3.8, 4) is 0 Å². The van der Waals surface area contributed by atoms with Crippen LogP contribution in [0.25, 0.3) is 0 Å². The van der Waals surface area contributed by atoms with Crippen molar-refractivity contribution in [3.63, 3.8) is 0 Å². The zero-order valence-corrected chi connectivity index (χ0v) is 12.2. The van der Waals surface area contributed by atoms with Gasteiger partial charge >= 0.3 is 0 Å². The van der Waals surface area contributed by atoms with E-state index in [0.717, 1.165) is 0 Å². The highest BCUT2D eigenvalue weighted by Gasteiger charge is 2.22. The molecule has 1 atom stereocenters. The molecule has 0 aliphatic carbocycles. The Morgan fingerprint density at radius 3 is 2.53 bits per heavy atom. The number of carbonyl (C=O) groups is 1. The van der Waals surface area contributed by atoms with Crippen molar-refractivity contribution in [2.75, 3.05) is 5.32 Å². The molecular weight excluding hydrogens is 282 g/mol. The molecule has 0 aliphatic rings. The van der Waals surface area contributed by atoms with Crippen LogP contribution in [0.3, 0.4) is 0 Å². The summed E-state index contributed by atoms with van der Waals surface area (Å²) in [5.74, 6) is 0.772. The molecular formula is C12H18BrN3O. The lowest BCUT2D eigenvalue weighted by molar-refractivity contribution is -0.117. The molecule has 4 nitrogen and oxygen atoms in total. The maximum absolute atomic E-state index is 11.8. The fraction of sp³-hybridized carbons (Fsp3) is 0.583. The van der Waals surface area contributed by atoms with Crippen LogP contribution in [0.5, 0.6) is 0 Å². The SMILES string of the molecule is CC(CC(=O)Nc1cnc(Br)cn1)C(C)(C)C. The van der Waals surface area contributed by atoms with Crippen molar-refractivity contribution >= 4 is 27.7 Å². The average Bonchev–Trinajstić information content (AvgIpc) is 2.20. The Bertz CT molecular complexity index is 384. The number of rotatable bonds is 3. The standard InChI is InChI=1S/C12H18BrN3O/c1-8(12(2,3)4)5-11(17)16-10-7-14-9(13)6-15-10/h6-8H,5H2,1-4H3,(H,15,16,17). The molecule has 1 aromatic heterocycles. The molecule has 0 aromatic carbocycles. The second kappa shape index (κ2) is 5.58. The highest BCUT2D eigenvalue weighted by Crippen LogP contribution is 2.28. The van der Waals surface area contributed by atoms with E-state index >= 15 is 0 Å². The van der Waals surface area contributed by atoms with Crippen LogP contribution in [-0.2, 0) is 4.79 Å². The number of hydrogen-bond donors (Lipinski definition) is 1. The molecule has 0 bridgehead atoms. The van der Waals surface area contributed by atoms with E-state index in [9.17, 15) is 4.79 Å². The van der Waals surface area contributed by atoms with Crippen molar-refractivity contribution in [2.24, 2.45) is 11.3 Å². The van der Waals surface area contributed by atoms with Crippen LogP contribution in [0, 0.1) is 11.3 Å². The minimum atomic E-state index is -0.0240. The minimum absolute atomic E-state index is 0.0240. The molecule has 17 heavy (non-hydrogen) atoms. The molecule has 1 unspecified atom stereocenters. The maximum Gasteiger partial charge on any atom is 0.225 e. The molecule has 1 amide bonds. The number of nitrogens with one attached hydrogen (secondary N) is 1. The Labute approximate surface area is 110 Å². The second-order valence-electron chi connectivity index (χ2n) is 5.24. The van der Waals surface area contributed by atoms with Gasteiger partial charge in [0.25, 0.3) is 0 Å². The van der Waals surface area contributed by atoms with Crippen molar-refractivity contribution in [1.82, 2.24) is 9.97 Å². The van der Waals surface area contributed by atoms with E-state index in [2.05, 4.69) is 58.9 Å². The zero-order valence-electron chi connectivity index (χ0n) is 10.6. The van der Waals surface area contributed by atoms with Crippen LogP contribution in [0.2, 0.25) is 0 Å². The van der Waals surface area contributed by atoms with Crippen molar-refractivity contribution in [3.05, 3.63) is 17.0 Å². The highest BCUT2D eigenvalue weighted by atomic mass is 79.9. The number of aromatic nitrogens is 2. The summed E-state index contributed by atoms with van der Waals surface area (Å²) >= 11 is 3.19. The van der Waals surface area contributed by atoms with Crippen molar-refractivity contribution in [2.45, 2.75) is 34.1 Å². The molecule has 0 saturated heterocycles. The van der Waals surface area contributed by atoms with Crippen LogP contribution < -0.4 is 5.32 Å². The molecule has 0 aliphatic heterocycles. The lowest BCUT2D eigenvalue weighted by Crippen LogP contribution is -2.24. The third-order valence-electron chi connectivity index (χ3n) is 2.86. The Hall–Kier alpha value is -0.970. The molecule has 94 valence electrons. The largest absolute Gasteiger partial charge is 0.309 e. The van der Waals surface area contributed by atoms with Crippen LogP contribution >= 0.6 is 15.9 Å². The lowest BCUT2D eigenvalue weighted by atomic mass is 9.80. The van der Waals surface area contributed by atoms with Gasteiger partial charge in [0.15, 0.2) is 5.82 Å². The quantitative estimate of drug-likeness (QED) is 0.932. The molecule has 0 spiro atoms. The first-order chi connectivity index (χ1) is 7.79. The van der Waals surface area contributed by atoms with E-state index in [0.29, 0.717) is 22.8 Å². The highest BCUT2D eigenvalue weighted by molar-refractivity contribution is 9.10. The van der Waals surface area contributed by atoms with Crippen LogP contribution in [0.4, 0.5) is 5.82 Å². The third kappa shape index (κ3) is 4.81. The summed E-state index contributed by atoms with van der Waals surface area (Å²) in [5, 5.41) is 2.74. The fourth-order valence-corrected chi connectivity index (χ4v) is 1.36. The summed E-state index contributed by atoms with van der Waals surface area (Å²) in [7, 11) is 0. The molecule has 0 fully saturated rings. The van der Waals surface area contributed by atoms with Crippen LogP contribution in [0.15, 0.2) is 17.0 Å². The molecule has 0 saturated carbocycles. The van der Waals surface area contributed by atoms with Gasteiger partial charge in [0.2, 0.25) is 5.91 Å². The van der Waals surface area contributed by atoms with Gasteiger partial charge in [0, 0.05) is 6.42 Å². The van der Waals surface area contributed by atoms with Gasteiger partial charge in [0.1, 0.15) is 4.60 Å². The van der Waals surface area contributed by atoms with Crippen LogP contribution in [0.1, 0.15) is 34.1 Å². The van der Waals surface area contributed by atoms with Gasteiger partial charge in [0.05, 0.1) is 12.4 Å². The minimum Gasteiger partial charge on any atom is -0.309 e. The Morgan fingerprint density at radius 2 is 2.06 bits per heavy atom. The molecule has 0 radical (unpaired) electrons. The van der Waals surface area contributed by atoms with Crippen molar-refractivity contribution < 1.29 is 4.79 Å². The van der Waals surface area contributed by atoms with Crippen LogP contribution in [-0.4, -0.2) is 15.9 Å².